The van der Waals surface area contributed by atoms with Crippen molar-refractivity contribution in [2.45, 2.75) is 13.3 Å². The number of rotatable bonds is 1. The van der Waals surface area contributed by atoms with E-state index in [4.69, 9.17) is 11.6 Å². The molecule has 23 heavy (non-hydrogen) atoms. The molecule has 4 rings (SSSR count). The molecule has 6 nitrogen and oxygen atoms in total. The number of hydrogen-bond acceptors (Lipinski definition) is 6. The number of fused-ring (bicyclic) bond motifs is 3. The number of benzene rings is 1. The number of nitrogens with zero attached hydrogens (tertiary/aromatic N) is 4. The van der Waals surface area contributed by atoms with Gasteiger partial charge in [0.25, 0.3) is 0 Å². The second kappa shape index (κ2) is 5.13. The number of aromatic nitrogens is 1. The summed E-state index contributed by atoms with van der Waals surface area (Å²) in [5.74, 6) is -0.268. The van der Waals surface area contributed by atoms with Crippen molar-refractivity contribution in [1.29, 1.82) is 0 Å². The summed E-state index contributed by atoms with van der Waals surface area (Å²) in [6, 6.07) is 11.0. The van der Waals surface area contributed by atoms with Gasteiger partial charge < -0.3 is 5.11 Å². The van der Waals surface area contributed by atoms with Crippen molar-refractivity contribution in [2.75, 3.05) is 10.0 Å². The molecule has 0 spiro atoms. The van der Waals surface area contributed by atoms with E-state index >= 15 is 0 Å². The lowest BCUT2D eigenvalue weighted by molar-refractivity contribution is -0.314. The highest BCUT2D eigenvalue weighted by atomic mass is 35.5. The number of para-hydroxylation sites is 1. The zero-order valence-corrected chi connectivity index (χ0v) is 13.1. The summed E-state index contributed by atoms with van der Waals surface area (Å²) in [7, 11) is 0. The molecular formula is C16H14ClN4O2-. The van der Waals surface area contributed by atoms with Crippen LogP contribution in [-0.4, -0.2) is 15.5 Å². The normalized spacial score (nSPS) is 20.7. The summed E-state index contributed by atoms with van der Waals surface area (Å²) in [6.07, 6.45) is 2.22. The van der Waals surface area contributed by atoms with Gasteiger partial charge in [0.1, 0.15) is 5.15 Å². The highest BCUT2D eigenvalue weighted by molar-refractivity contribution is 6.29. The first-order chi connectivity index (χ1) is 11.1. The zero-order valence-electron chi connectivity index (χ0n) is 12.3. The summed E-state index contributed by atoms with van der Waals surface area (Å²) < 4.78 is 0. The van der Waals surface area contributed by atoms with Crippen LogP contribution in [0, 0.1) is 5.92 Å². The molecule has 2 aliphatic rings. The average Bonchev–Trinajstić information content (AvgIpc) is 2.81. The van der Waals surface area contributed by atoms with E-state index in [0.29, 0.717) is 16.5 Å². The minimum atomic E-state index is -0.265. The van der Waals surface area contributed by atoms with E-state index in [2.05, 4.69) is 4.98 Å². The molecule has 1 unspecified atom stereocenters. The Hall–Kier alpha value is -2.28. The Morgan fingerprint density at radius 2 is 2.00 bits per heavy atom. The number of anilines is 2. The van der Waals surface area contributed by atoms with Gasteiger partial charge in [0.2, 0.25) is 0 Å². The van der Waals surface area contributed by atoms with E-state index in [-0.39, 0.29) is 11.8 Å². The van der Waals surface area contributed by atoms with Crippen LogP contribution in [0.5, 0.6) is 0 Å². The van der Waals surface area contributed by atoms with E-state index in [1.807, 2.05) is 31.2 Å². The predicted molar refractivity (Wildman–Crippen MR) is 84.2 cm³/mol. The first-order valence-electron chi connectivity index (χ1n) is 7.27. The second-order valence-corrected chi connectivity index (χ2v) is 6.04. The number of halogens is 1. The Kier molecular flexibility index (Phi) is 3.19. The van der Waals surface area contributed by atoms with Crippen LogP contribution in [0.25, 0.3) is 0 Å². The van der Waals surface area contributed by atoms with Crippen LogP contribution in [0.15, 0.2) is 54.2 Å². The summed E-state index contributed by atoms with van der Waals surface area (Å²) in [5.41, 5.74) is 2.89. The van der Waals surface area contributed by atoms with Crippen molar-refractivity contribution in [3.05, 3.63) is 64.9 Å². The Morgan fingerprint density at radius 3 is 2.74 bits per heavy atom. The van der Waals surface area contributed by atoms with Crippen molar-refractivity contribution in [2.24, 2.45) is 5.92 Å². The minimum absolute atomic E-state index is 0.00249. The quantitative estimate of drug-likeness (QED) is 0.810. The molecular weight excluding hydrogens is 316 g/mol. The fourth-order valence-electron chi connectivity index (χ4n) is 3.14. The largest absolute Gasteiger partial charge is 0.858 e. The van der Waals surface area contributed by atoms with E-state index in [9.17, 15) is 10.3 Å². The Bertz CT molecular complexity index is 793. The van der Waals surface area contributed by atoms with E-state index in [0.717, 1.165) is 23.0 Å². The summed E-state index contributed by atoms with van der Waals surface area (Å²) in [4.78, 5) is 3.98. The third-order valence-corrected chi connectivity index (χ3v) is 4.39. The van der Waals surface area contributed by atoms with Gasteiger partial charge in [-0.25, -0.2) is 15.0 Å². The van der Waals surface area contributed by atoms with Gasteiger partial charge >= 0.3 is 0 Å². The van der Waals surface area contributed by atoms with Crippen LogP contribution >= 0.6 is 11.6 Å². The average molecular weight is 330 g/mol. The molecule has 1 atom stereocenters. The highest BCUT2D eigenvalue weighted by Gasteiger charge is 2.40. The maximum absolute atomic E-state index is 12.8. The van der Waals surface area contributed by atoms with Gasteiger partial charge in [0.15, 0.2) is 0 Å². The SMILES string of the molecule is CC1Cc2ccccc2N2C1=C([O-])N(c1ccc(Cl)nc1)N2O. The Morgan fingerprint density at radius 1 is 1.22 bits per heavy atom. The molecule has 0 aliphatic carbocycles. The van der Waals surface area contributed by atoms with Gasteiger partial charge in [0, 0.05) is 17.1 Å². The zero-order chi connectivity index (χ0) is 16.1. The number of hydrazine groups is 2. The summed E-state index contributed by atoms with van der Waals surface area (Å²) in [5, 5.41) is 27.4. The topological polar surface area (TPSA) is 65.9 Å². The first-order valence-corrected chi connectivity index (χ1v) is 7.65. The van der Waals surface area contributed by atoms with Gasteiger partial charge in [-0.1, -0.05) is 36.7 Å². The molecule has 7 heteroatoms. The molecule has 0 saturated carbocycles. The molecule has 0 fully saturated rings. The monoisotopic (exact) mass is 329 g/mol. The molecule has 2 aliphatic heterocycles. The third kappa shape index (κ3) is 2.07. The third-order valence-electron chi connectivity index (χ3n) is 4.17. The minimum Gasteiger partial charge on any atom is -0.858 e. The van der Waals surface area contributed by atoms with Crippen molar-refractivity contribution in [3.8, 4) is 0 Å². The lowest BCUT2D eigenvalue weighted by Crippen LogP contribution is -2.47. The molecule has 0 amide bonds. The van der Waals surface area contributed by atoms with Gasteiger partial charge in [-0.15, -0.1) is 0 Å². The van der Waals surface area contributed by atoms with Crippen molar-refractivity contribution in [1.82, 2.24) is 10.3 Å². The second-order valence-electron chi connectivity index (χ2n) is 5.66. The number of allylic oxidation sites excluding steroid dienone is 1. The van der Waals surface area contributed by atoms with E-state index in [1.165, 1.54) is 11.2 Å². The van der Waals surface area contributed by atoms with Crippen LogP contribution in [0.1, 0.15) is 12.5 Å². The molecule has 3 heterocycles. The van der Waals surface area contributed by atoms with Gasteiger partial charge in [0.05, 0.1) is 23.3 Å². The lowest BCUT2D eigenvalue weighted by atomic mass is 9.92. The molecule has 1 aromatic carbocycles. The van der Waals surface area contributed by atoms with Crippen LogP contribution in [-0.2, 0) is 6.42 Å². The first kappa shape index (κ1) is 14.3. The van der Waals surface area contributed by atoms with E-state index in [1.54, 1.807) is 17.1 Å². The molecule has 0 bridgehead atoms. The number of pyridine rings is 1. The van der Waals surface area contributed by atoms with Crippen LogP contribution in [0.4, 0.5) is 11.4 Å². The standard InChI is InChI=1S/C16H15ClN4O2/c1-10-8-11-4-2-3-5-13(11)20-15(10)16(22)19(21(20)23)12-6-7-14(17)18-9-12/h2-7,9-10,22-23H,8H2,1H3/p-1. The van der Waals surface area contributed by atoms with Crippen LogP contribution < -0.4 is 15.1 Å². The maximum Gasteiger partial charge on any atom is 0.129 e. The molecule has 0 saturated heterocycles. The van der Waals surface area contributed by atoms with Crippen LogP contribution in [0.2, 0.25) is 5.15 Å². The van der Waals surface area contributed by atoms with Gasteiger partial charge in [-0.05, 0) is 30.2 Å². The van der Waals surface area contributed by atoms with Crippen LogP contribution in [0.3, 0.4) is 0 Å². The molecule has 1 N–H and O–H groups in total. The highest BCUT2D eigenvalue weighted by Crippen LogP contribution is 2.43. The Balaban J connectivity index is 1.84. The predicted octanol–water partition coefficient (Wildman–Crippen LogP) is 2.30. The Labute approximate surface area is 138 Å². The van der Waals surface area contributed by atoms with Crippen molar-refractivity contribution >= 4 is 23.0 Å². The molecule has 1 aromatic heterocycles. The number of hydrogen-bond donors (Lipinski definition) is 1. The summed E-state index contributed by atoms with van der Waals surface area (Å²) in [6.45, 7) is 1.98. The van der Waals surface area contributed by atoms with Crippen molar-refractivity contribution < 1.29 is 10.3 Å². The maximum atomic E-state index is 12.8. The summed E-state index contributed by atoms with van der Waals surface area (Å²) >= 11 is 5.80. The fourth-order valence-corrected chi connectivity index (χ4v) is 3.25. The fraction of sp³-hybridized carbons (Fsp3) is 0.188. The van der Waals surface area contributed by atoms with Gasteiger partial charge in [-0.2, -0.15) is 0 Å². The molecule has 118 valence electrons. The smallest absolute Gasteiger partial charge is 0.129 e. The lowest BCUT2D eigenvalue weighted by Gasteiger charge is -2.37. The van der Waals surface area contributed by atoms with E-state index < -0.39 is 0 Å². The molecule has 2 aromatic rings. The van der Waals surface area contributed by atoms with Gasteiger partial charge in [-0.3, -0.25) is 5.21 Å². The molecule has 0 radical (unpaired) electrons. The van der Waals surface area contributed by atoms with Crippen molar-refractivity contribution in [3.63, 3.8) is 0 Å².